The monoisotopic (exact) mass is 327 g/mol. The Hall–Kier alpha value is -1.47. The normalized spacial score (nSPS) is 10.3. The number of aromatic nitrogens is 1. The number of anilines is 1. The predicted molar refractivity (Wildman–Crippen MR) is 75.0 cm³/mol. The van der Waals surface area contributed by atoms with Crippen LogP contribution in [0, 0.1) is 17.0 Å². The zero-order valence-corrected chi connectivity index (χ0v) is 11.9. The number of nitrogens with one attached hydrogen (secondary N) is 1. The highest BCUT2D eigenvalue weighted by molar-refractivity contribution is 9.10. The van der Waals surface area contributed by atoms with Crippen LogP contribution in [0.2, 0.25) is 0 Å². The summed E-state index contributed by atoms with van der Waals surface area (Å²) in [5.41, 5.74) is 0.774. The van der Waals surface area contributed by atoms with Crippen LogP contribution in [0.1, 0.15) is 9.88 Å². The molecule has 2 rings (SSSR count). The summed E-state index contributed by atoms with van der Waals surface area (Å²) in [4.78, 5) is 15.5. The number of nitro benzene ring substituents is 1. The van der Waals surface area contributed by atoms with Crippen molar-refractivity contribution in [2.75, 3.05) is 5.32 Å². The lowest BCUT2D eigenvalue weighted by Gasteiger charge is -2.06. The number of nitro groups is 1. The molecule has 7 heteroatoms. The molecular formula is C11H10BrN3O2S. The fourth-order valence-electron chi connectivity index (χ4n) is 1.43. The zero-order valence-electron chi connectivity index (χ0n) is 9.51. The van der Waals surface area contributed by atoms with Gasteiger partial charge in [0.05, 0.1) is 22.2 Å². The van der Waals surface area contributed by atoms with E-state index in [2.05, 4.69) is 26.2 Å². The van der Waals surface area contributed by atoms with Crippen molar-refractivity contribution in [2.24, 2.45) is 0 Å². The number of thiazole rings is 1. The third kappa shape index (κ3) is 3.05. The van der Waals surface area contributed by atoms with Crippen LogP contribution in [0.3, 0.4) is 0 Å². The Morgan fingerprint density at radius 1 is 1.56 bits per heavy atom. The smallest absolute Gasteiger partial charge is 0.271 e. The number of benzene rings is 1. The molecule has 0 aliphatic carbocycles. The van der Waals surface area contributed by atoms with Crippen molar-refractivity contribution in [1.82, 2.24) is 4.98 Å². The van der Waals surface area contributed by atoms with E-state index in [4.69, 9.17) is 0 Å². The van der Waals surface area contributed by atoms with Gasteiger partial charge < -0.3 is 5.32 Å². The Balaban J connectivity index is 2.13. The van der Waals surface area contributed by atoms with Crippen molar-refractivity contribution in [2.45, 2.75) is 13.5 Å². The van der Waals surface area contributed by atoms with Gasteiger partial charge in [-0.2, -0.15) is 0 Å². The quantitative estimate of drug-likeness (QED) is 0.686. The van der Waals surface area contributed by atoms with Gasteiger partial charge in [-0.25, -0.2) is 4.98 Å². The van der Waals surface area contributed by atoms with Crippen molar-refractivity contribution >= 4 is 38.6 Å². The number of halogens is 1. The summed E-state index contributed by atoms with van der Waals surface area (Å²) in [7, 11) is 0. The second kappa shape index (κ2) is 5.45. The molecule has 0 saturated carbocycles. The van der Waals surface area contributed by atoms with Gasteiger partial charge in [0.25, 0.3) is 5.69 Å². The van der Waals surface area contributed by atoms with Gasteiger partial charge in [0.15, 0.2) is 0 Å². The summed E-state index contributed by atoms with van der Waals surface area (Å²) in [5, 5.41) is 14.9. The number of hydrogen-bond donors (Lipinski definition) is 1. The van der Waals surface area contributed by atoms with Gasteiger partial charge in [0, 0.05) is 27.7 Å². The van der Waals surface area contributed by atoms with Gasteiger partial charge >= 0.3 is 0 Å². The lowest BCUT2D eigenvalue weighted by Crippen LogP contribution is -1.99. The molecule has 0 spiro atoms. The second-order valence-corrected chi connectivity index (χ2v) is 5.79. The van der Waals surface area contributed by atoms with Crippen LogP contribution in [-0.2, 0) is 6.54 Å². The molecule has 94 valence electrons. The maximum Gasteiger partial charge on any atom is 0.271 e. The molecule has 0 radical (unpaired) electrons. The van der Waals surface area contributed by atoms with Gasteiger partial charge in [-0.15, -0.1) is 11.3 Å². The molecule has 0 atom stereocenters. The highest BCUT2D eigenvalue weighted by Gasteiger charge is 2.09. The van der Waals surface area contributed by atoms with Crippen LogP contribution in [0.15, 0.2) is 28.9 Å². The van der Waals surface area contributed by atoms with Crippen molar-refractivity contribution in [3.63, 3.8) is 0 Å². The molecule has 1 aromatic carbocycles. The van der Waals surface area contributed by atoms with E-state index in [-0.39, 0.29) is 5.69 Å². The number of rotatable bonds is 4. The average molecular weight is 328 g/mol. The van der Waals surface area contributed by atoms with Crippen LogP contribution in [-0.4, -0.2) is 9.91 Å². The lowest BCUT2D eigenvalue weighted by atomic mass is 10.3. The topological polar surface area (TPSA) is 68.1 Å². The molecule has 1 N–H and O–H groups in total. The molecule has 0 amide bonds. The number of nitrogens with zero attached hydrogens (tertiary/aromatic N) is 2. The first-order chi connectivity index (χ1) is 8.56. The van der Waals surface area contributed by atoms with Crippen LogP contribution in [0.25, 0.3) is 0 Å². The van der Waals surface area contributed by atoms with Crippen molar-refractivity contribution in [3.05, 3.63) is 48.9 Å². The van der Waals surface area contributed by atoms with E-state index in [0.29, 0.717) is 12.2 Å². The summed E-state index contributed by atoms with van der Waals surface area (Å²) in [6.07, 6.45) is 1.80. The Bertz CT molecular complexity index is 585. The molecule has 2 aromatic rings. The van der Waals surface area contributed by atoms with E-state index < -0.39 is 4.92 Å². The molecule has 0 fully saturated rings. The number of hydrogen-bond acceptors (Lipinski definition) is 5. The first-order valence-electron chi connectivity index (χ1n) is 5.15. The SMILES string of the molecule is Cc1ncc(CNc2cc([N+](=O)[O-])ccc2Br)s1. The standard InChI is InChI=1S/C11H10BrN3O2S/c1-7-13-5-9(18-7)6-14-11-4-8(15(16)17)2-3-10(11)12/h2-5,14H,6H2,1H3. The third-order valence-corrected chi connectivity index (χ3v) is 3.89. The molecular weight excluding hydrogens is 318 g/mol. The van der Waals surface area contributed by atoms with E-state index in [9.17, 15) is 10.1 Å². The predicted octanol–water partition coefficient (Wildman–Crippen LogP) is 3.73. The minimum Gasteiger partial charge on any atom is -0.379 e. The Kier molecular flexibility index (Phi) is 3.93. The molecule has 0 aliphatic rings. The summed E-state index contributed by atoms with van der Waals surface area (Å²) in [5.74, 6) is 0. The molecule has 1 heterocycles. The third-order valence-electron chi connectivity index (χ3n) is 2.28. The first kappa shape index (κ1) is 13.0. The van der Waals surface area contributed by atoms with Crippen LogP contribution in [0.5, 0.6) is 0 Å². The average Bonchev–Trinajstić information content (AvgIpc) is 2.74. The van der Waals surface area contributed by atoms with Gasteiger partial charge in [-0.3, -0.25) is 10.1 Å². The number of non-ortho nitro benzene ring substituents is 1. The van der Waals surface area contributed by atoms with E-state index >= 15 is 0 Å². The summed E-state index contributed by atoms with van der Waals surface area (Å²) in [6.45, 7) is 2.54. The van der Waals surface area contributed by atoms with Gasteiger partial charge in [-0.1, -0.05) is 0 Å². The fraction of sp³-hybridized carbons (Fsp3) is 0.182. The van der Waals surface area contributed by atoms with E-state index in [1.165, 1.54) is 12.1 Å². The minimum absolute atomic E-state index is 0.0705. The highest BCUT2D eigenvalue weighted by atomic mass is 79.9. The minimum atomic E-state index is -0.408. The fourth-order valence-corrected chi connectivity index (χ4v) is 2.55. The van der Waals surface area contributed by atoms with E-state index in [0.717, 1.165) is 14.4 Å². The maximum atomic E-state index is 10.7. The van der Waals surface area contributed by atoms with Gasteiger partial charge in [0.1, 0.15) is 0 Å². The van der Waals surface area contributed by atoms with Gasteiger partial charge in [0.2, 0.25) is 0 Å². The Morgan fingerprint density at radius 2 is 2.33 bits per heavy atom. The summed E-state index contributed by atoms with van der Waals surface area (Å²) in [6, 6.07) is 4.64. The highest BCUT2D eigenvalue weighted by Crippen LogP contribution is 2.27. The maximum absolute atomic E-state index is 10.7. The molecule has 0 unspecified atom stereocenters. The Morgan fingerprint density at radius 3 is 2.94 bits per heavy atom. The largest absolute Gasteiger partial charge is 0.379 e. The van der Waals surface area contributed by atoms with Crippen LogP contribution in [0.4, 0.5) is 11.4 Å². The van der Waals surface area contributed by atoms with E-state index in [1.54, 1.807) is 23.6 Å². The van der Waals surface area contributed by atoms with Crippen molar-refractivity contribution in [1.29, 1.82) is 0 Å². The lowest BCUT2D eigenvalue weighted by molar-refractivity contribution is -0.384. The van der Waals surface area contributed by atoms with Crippen molar-refractivity contribution < 1.29 is 4.92 Å². The number of aryl methyl sites for hydroxylation is 1. The zero-order chi connectivity index (χ0) is 13.1. The van der Waals surface area contributed by atoms with Crippen molar-refractivity contribution in [3.8, 4) is 0 Å². The molecule has 18 heavy (non-hydrogen) atoms. The molecule has 0 bridgehead atoms. The van der Waals surface area contributed by atoms with E-state index in [1.807, 2.05) is 6.92 Å². The molecule has 0 saturated heterocycles. The summed E-state index contributed by atoms with van der Waals surface area (Å²) < 4.78 is 0.800. The molecule has 1 aromatic heterocycles. The Labute approximate surface area is 116 Å². The van der Waals surface area contributed by atoms with Crippen LogP contribution >= 0.6 is 27.3 Å². The van der Waals surface area contributed by atoms with Crippen LogP contribution < -0.4 is 5.32 Å². The molecule has 0 aliphatic heterocycles. The first-order valence-corrected chi connectivity index (χ1v) is 6.76. The summed E-state index contributed by atoms with van der Waals surface area (Å²) >= 11 is 4.96. The molecule has 5 nitrogen and oxygen atoms in total. The van der Waals surface area contributed by atoms with Gasteiger partial charge in [-0.05, 0) is 28.9 Å². The second-order valence-electron chi connectivity index (χ2n) is 3.62.